The number of anilines is 1. The standard InChI is InChI=1S/C13H18N2O5/c1-15(13(17)20-4)8-12(16)14-9-5-10(18-2)7-11(6-9)19-3/h5-7H,8H2,1-4H3,(H,14,16). The molecule has 0 radical (unpaired) electrons. The fourth-order valence-corrected chi connectivity index (χ4v) is 1.52. The van der Waals surface area contributed by atoms with Gasteiger partial charge in [0.1, 0.15) is 18.0 Å². The summed E-state index contributed by atoms with van der Waals surface area (Å²) in [7, 11) is 5.76. The highest BCUT2D eigenvalue weighted by Gasteiger charge is 2.13. The zero-order chi connectivity index (χ0) is 15.1. The number of amides is 2. The summed E-state index contributed by atoms with van der Waals surface area (Å²) in [6.45, 7) is -0.119. The molecule has 0 saturated heterocycles. The Morgan fingerprint density at radius 1 is 1.10 bits per heavy atom. The molecule has 0 fully saturated rings. The van der Waals surface area contributed by atoms with Crippen LogP contribution in [0.3, 0.4) is 0 Å². The highest BCUT2D eigenvalue weighted by atomic mass is 16.5. The van der Waals surface area contributed by atoms with Gasteiger partial charge >= 0.3 is 6.09 Å². The zero-order valence-corrected chi connectivity index (χ0v) is 11.9. The monoisotopic (exact) mass is 282 g/mol. The largest absolute Gasteiger partial charge is 0.497 e. The number of nitrogens with one attached hydrogen (secondary N) is 1. The van der Waals surface area contributed by atoms with Gasteiger partial charge in [-0.3, -0.25) is 4.79 Å². The van der Waals surface area contributed by atoms with Crippen LogP contribution in [0.1, 0.15) is 0 Å². The molecule has 0 unspecified atom stereocenters. The van der Waals surface area contributed by atoms with Gasteiger partial charge in [-0.05, 0) is 0 Å². The molecule has 0 aliphatic rings. The van der Waals surface area contributed by atoms with Crippen LogP contribution < -0.4 is 14.8 Å². The van der Waals surface area contributed by atoms with Crippen LogP contribution in [0.5, 0.6) is 11.5 Å². The summed E-state index contributed by atoms with van der Waals surface area (Å²) in [6.07, 6.45) is -0.580. The van der Waals surface area contributed by atoms with Crippen molar-refractivity contribution >= 4 is 17.7 Å². The third-order valence-corrected chi connectivity index (χ3v) is 2.50. The second kappa shape index (κ2) is 7.22. The molecule has 7 nitrogen and oxygen atoms in total. The Labute approximate surface area is 117 Å². The Kier molecular flexibility index (Phi) is 5.64. The number of likely N-dealkylation sites (N-methyl/N-ethyl adjacent to an activating group) is 1. The Balaban J connectivity index is 2.72. The number of benzene rings is 1. The molecule has 7 heteroatoms. The van der Waals surface area contributed by atoms with Crippen molar-refractivity contribution in [3.8, 4) is 11.5 Å². The van der Waals surface area contributed by atoms with E-state index < -0.39 is 6.09 Å². The van der Waals surface area contributed by atoms with Gasteiger partial charge in [0.05, 0.1) is 21.3 Å². The molecular weight excluding hydrogens is 264 g/mol. The van der Waals surface area contributed by atoms with Crippen LogP contribution in [0.25, 0.3) is 0 Å². The fraction of sp³-hybridized carbons (Fsp3) is 0.385. The van der Waals surface area contributed by atoms with Crippen molar-refractivity contribution in [2.75, 3.05) is 40.2 Å². The van der Waals surface area contributed by atoms with Gasteiger partial charge < -0.3 is 24.4 Å². The zero-order valence-electron chi connectivity index (χ0n) is 11.9. The van der Waals surface area contributed by atoms with Crippen molar-refractivity contribution in [2.24, 2.45) is 0 Å². The van der Waals surface area contributed by atoms with Gasteiger partial charge in [-0.1, -0.05) is 0 Å². The van der Waals surface area contributed by atoms with Gasteiger partial charge in [0, 0.05) is 30.9 Å². The van der Waals surface area contributed by atoms with E-state index in [9.17, 15) is 9.59 Å². The number of carbonyl (C=O) groups excluding carboxylic acids is 2. The van der Waals surface area contributed by atoms with Gasteiger partial charge in [-0.2, -0.15) is 0 Å². The van der Waals surface area contributed by atoms with Gasteiger partial charge in [-0.25, -0.2) is 4.79 Å². The normalized spacial score (nSPS) is 9.60. The smallest absolute Gasteiger partial charge is 0.409 e. The molecule has 1 N–H and O–H groups in total. The second-order valence-corrected chi connectivity index (χ2v) is 3.98. The maximum absolute atomic E-state index is 11.8. The maximum Gasteiger partial charge on any atom is 0.409 e. The average molecular weight is 282 g/mol. The summed E-state index contributed by atoms with van der Waals surface area (Å²) in [6, 6.07) is 4.99. The SMILES string of the molecule is COC(=O)N(C)CC(=O)Nc1cc(OC)cc(OC)c1. The summed E-state index contributed by atoms with van der Waals surface area (Å²) in [5.74, 6) is 0.759. The molecule has 0 atom stereocenters. The molecule has 110 valence electrons. The van der Waals surface area contributed by atoms with E-state index in [2.05, 4.69) is 10.1 Å². The highest BCUT2D eigenvalue weighted by Crippen LogP contribution is 2.25. The minimum absolute atomic E-state index is 0.119. The molecule has 0 aliphatic carbocycles. The van der Waals surface area contributed by atoms with Gasteiger partial charge in [0.25, 0.3) is 0 Å². The predicted molar refractivity (Wildman–Crippen MR) is 73.2 cm³/mol. The lowest BCUT2D eigenvalue weighted by Crippen LogP contribution is -2.34. The first-order valence-electron chi connectivity index (χ1n) is 5.82. The fourth-order valence-electron chi connectivity index (χ4n) is 1.52. The molecule has 0 aliphatic heterocycles. The minimum atomic E-state index is -0.580. The Bertz CT molecular complexity index is 467. The van der Waals surface area contributed by atoms with E-state index in [0.29, 0.717) is 17.2 Å². The molecule has 1 aromatic carbocycles. The first-order chi connectivity index (χ1) is 9.49. The number of ether oxygens (including phenoxy) is 3. The van der Waals surface area contributed by atoms with Gasteiger partial charge in [0.15, 0.2) is 0 Å². The van der Waals surface area contributed by atoms with Crippen LogP contribution in [0, 0.1) is 0 Å². The first kappa shape index (κ1) is 15.6. The third kappa shape index (κ3) is 4.34. The predicted octanol–water partition coefficient (Wildman–Crippen LogP) is 1.34. The van der Waals surface area contributed by atoms with Crippen LogP contribution in [0.4, 0.5) is 10.5 Å². The van der Waals surface area contributed by atoms with Crippen molar-refractivity contribution in [1.29, 1.82) is 0 Å². The molecule has 0 bridgehead atoms. The van der Waals surface area contributed by atoms with Crippen LogP contribution in [-0.2, 0) is 9.53 Å². The van der Waals surface area contributed by atoms with Crippen LogP contribution >= 0.6 is 0 Å². The van der Waals surface area contributed by atoms with Crippen molar-refractivity contribution in [3.05, 3.63) is 18.2 Å². The Hall–Kier alpha value is -2.44. The Morgan fingerprint density at radius 2 is 1.65 bits per heavy atom. The molecule has 1 aromatic rings. The lowest BCUT2D eigenvalue weighted by atomic mass is 10.2. The average Bonchev–Trinajstić information content (AvgIpc) is 2.45. The third-order valence-electron chi connectivity index (χ3n) is 2.50. The molecule has 20 heavy (non-hydrogen) atoms. The Morgan fingerprint density at radius 3 is 2.10 bits per heavy atom. The number of methoxy groups -OCH3 is 3. The van der Waals surface area contributed by atoms with Crippen molar-refractivity contribution < 1.29 is 23.8 Å². The number of nitrogens with zero attached hydrogens (tertiary/aromatic N) is 1. The summed E-state index contributed by atoms with van der Waals surface area (Å²) in [5, 5.41) is 2.65. The van der Waals surface area contributed by atoms with E-state index in [1.807, 2.05) is 0 Å². The number of hydrogen-bond donors (Lipinski definition) is 1. The quantitative estimate of drug-likeness (QED) is 0.882. The number of rotatable bonds is 5. The molecule has 1 rings (SSSR count). The lowest BCUT2D eigenvalue weighted by Gasteiger charge is -2.15. The van der Waals surface area contributed by atoms with E-state index >= 15 is 0 Å². The van der Waals surface area contributed by atoms with Gasteiger partial charge in [-0.15, -0.1) is 0 Å². The van der Waals surface area contributed by atoms with Crippen molar-refractivity contribution in [2.45, 2.75) is 0 Å². The molecule has 0 heterocycles. The second-order valence-electron chi connectivity index (χ2n) is 3.98. The van der Waals surface area contributed by atoms with E-state index in [1.165, 1.54) is 28.4 Å². The van der Waals surface area contributed by atoms with E-state index in [4.69, 9.17) is 9.47 Å². The topological polar surface area (TPSA) is 77.1 Å². The summed E-state index contributed by atoms with van der Waals surface area (Å²) in [4.78, 5) is 24.1. The molecule has 0 aromatic heterocycles. The molecular formula is C13H18N2O5. The van der Waals surface area contributed by atoms with Gasteiger partial charge in [0.2, 0.25) is 5.91 Å². The summed E-state index contributed by atoms with van der Waals surface area (Å²) < 4.78 is 14.7. The highest BCUT2D eigenvalue weighted by molar-refractivity contribution is 5.94. The number of carbonyl (C=O) groups is 2. The summed E-state index contributed by atoms with van der Waals surface area (Å²) >= 11 is 0. The first-order valence-corrected chi connectivity index (χ1v) is 5.82. The number of hydrogen-bond acceptors (Lipinski definition) is 5. The maximum atomic E-state index is 11.8. The van der Waals surface area contributed by atoms with Crippen LogP contribution in [0.15, 0.2) is 18.2 Å². The molecule has 0 saturated carbocycles. The van der Waals surface area contributed by atoms with Crippen LogP contribution in [0.2, 0.25) is 0 Å². The lowest BCUT2D eigenvalue weighted by molar-refractivity contribution is -0.116. The van der Waals surface area contributed by atoms with Crippen molar-refractivity contribution in [3.63, 3.8) is 0 Å². The van der Waals surface area contributed by atoms with E-state index in [0.717, 1.165) is 4.90 Å². The molecule has 0 spiro atoms. The minimum Gasteiger partial charge on any atom is -0.497 e. The molecule has 2 amide bonds. The van der Waals surface area contributed by atoms with E-state index in [-0.39, 0.29) is 12.5 Å². The van der Waals surface area contributed by atoms with E-state index in [1.54, 1.807) is 18.2 Å². The van der Waals surface area contributed by atoms with Crippen molar-refractivity contribution in [1.82, 2.24) is 4.90 Å². The van der Waals surface area contributed by atoms with Crippen LogP contribution in [-0.4, -0.2) is 51.8 Å². The summed E-state index contributed by atoms with van der Waals surface area (Å²) in [5.41, 5.74) is 0.518.